The Balaban J connectivity index is 2.20. The lowest BCUT2D eigenvalue weighted by molar-refractivity contribution is 0.276. The van der Waals surface area contributed by atoms with Crippen LogP contribution < -0.4 is 5.32 Å². The van der Waals surface area contributed by atoms with Gasteiger partial charge in [0.2, 0.25) is 0 Å². The Bertz CT molecular complexity index is 635. The molecule has 0 fully saturated rings. The fourth-order valence-electron chi connectivity index (χ4n) is 1.83. The van der Waals surface area contributed by atoms with Crippen molar-refractivity contribution in [1.29, 1.82) is 5.26 Å². The molecular formula is C15H12Cl2N2O. The number of nitriles is 1. The maximum absolute atomic E-state index is 9.50. The molecule has 0 aromatic heterocycles. The van der Waals surface area contributed by atoms with Crippen LogP contribution in [0.15, 0.2) is 42.5 Å². The first kappa shape index (κ1) is 14.7. The molecule has 2 aromatic carbocycles. The third-order valence-corrected chi connectivity index (χ3v) is 3.45. The molecule has 1 atom stereocenters. The van der Waals surface area contributed by atoms with Gasteiger partial charge in [0.1, 0.15) is 6.07 Å². The van der Waals surface area contributed by atoms with Crippen LogP contribution >= 0.6 is 23.2 Å². The number of hydrogen-bond donors (Lipinski definition) is 2. The van der Waals surface area contributed by atoms with E-state index in [0.717, 1.165) is 11.3 Å². The Kier molecular flexibility index (Phi) is 4.86. The SMILES string of the molecule is N#Cc1ccc(NC(CO)c2ccc(Cl)cc2)cc1Cl. The van der Waals surface area contributed by atoms with Crippen molar-refractivity contribution in [2.75, 3.05) is 11.9 Å². The predicted molar refractivity (Wildman–Crippen MR) is 81.1 cm³/mol. The van der Waals surface area contributed by atoms with Gasteiger partial charge in [-0.15, -0.1) is 0 Å². The quantitative estimate of drug-likeness (QED) is 0.897. The van der Waals surface area contributed by atoms with Crippen LogP contribution in [0, 0.1) is 11.3 Å². The van der Waals surface area contributed by atoms with Gasteiger partial charge >= 0.3 is 0 Å². The standard InChI is InChI=1S/C15H12Cl2N2O/c16-12-4-1-10(2-5-12)15(9-20)19-13-6-3-11(8-18)14(17)7-13/h1-7,15,19-20H,9H2. The minimum Gasteiger partial charge on any atom is -0.394 e. The molecule has 0 bridgehead atoms. The summed E-state index contributed by atoms with van der Waals surface area (Å²) in [4.78, 5) is 0. The Morgan fingerprint density at radius 3 is 2.40 bits per heavy atom. The highest BCUT2D eigenvalue weighted by Gasteiger charge is 2.11. The second-order valence-corrected chi connectivity index (χ2v) is 5.08. The van der Waals surface area contributed by atoms with E-state index in [4.69, 9.17) is 28.5 Å². The van der Waals surface area contributed by atoms with E-state index < -0.39 is 0 Å². The second kappa shape index (κ2) is 6.62. The molecule has 0 aliphatic heterocycles. The van der Waals surface area contributed by atoms with Gasteiger partial charge in [-0.2, -0.15) is 5.26 Å². The first-order valence-corrected chi connectivity index (χ1v) is 6.72. The number of benzene rings is 2. The molecule has 1 unspecified atom stereocenters. The minimum atomic E-state index is -0.267. The van der Waals surface area contributed by atoms with E-state index in [1.807, 2.05) is 18.2 Å². The number of nitrogens with one attached hydrogen (secondary N) is 1. The molecule has 2 rings (SSSR count). The van der Waals surface area contributed by atoms with E-state index in [2.05, 4.69) is 5.32 Å². The van der Waals surface area contributed by atoms with Crippen molar-refractivity contribution >= 4 is 28.9 Å². The van der Waals surface area contributed by atoms with E-state index in [-0.39, 0.29) is 12.6 Å². The highest BCUT2D eigenvalue weighted by molar-refractivity contribution is 6.32. The summed E-state index contributed by atoms with van der Waals surface area (Å²) in [5.74, 6) is 0. The van der Waals surface area contributed by atoms with E-state index in [9.17, 15) is 5.11 Å². The van der Waals surface area contributed by atoms with Crippen molar-refractivity contribution in [2.45, 2.75) is 6.04 Å². The zero-order valence-corrected chi connectivity index (χ0v) is 12.0. The van der Waals surface area contributed by atoms with Gasteiger partial charge in [-0.3, -0.25) is 0 Å². The van der Waals surface area contributed by atoms with E-state index in [1.54, 1.807) is 30.3 Å². The third kappa shape index (κ3) is 3.43. The number of nitrogens with zero attached hydrogens (tertiary/aromatic N) is 1. The molecular weight excluding hydrogens is 295 g/mol. The molecule has 0 heterocycles. The molecule has 0 saturated carbocycles. The van der Waals surface area contributed by atoms with Gasteiger partial charge in [-0.05, 0) is 35.9 Å². The fourth-order valence-corrected chi connectivity index (χ4v) is 2.18. The smallest absolute Gasteiger partial charge is 0.101 e. The average Bonchev–Trinajstić information content (AvgIpc) is 2.46. The Morgan fingerprint density at radius 2 is 1.85 bits per heavy atom. The van der Waals surface area contributed by atoms with Gasteiger partial charge in [-0.25, -0.2) is 0 Å². The van der Waals surface area contributed by atoms with Crippen molar-refractivity contribution in [2.24, 2.45) is 0 Å². The fraction of sp³-hybridized carbons (Fsp3) is 0.133. The van der Waals surface area contributed by atoms with Crippen LogP contribution in [-0.2, 0) is 0 Å². The molecule has 0 aliphatic rings. The normalized spacial score (nSPS) is 11.7. The summed E-state index contributed by atoms with van der Waals surface area (Å²) in [6.07, 6.45) is 0. The molecule has 2 aromatic rings. The molecule has 0 aliphatic carbocycles. The Hall–Kier alpha value is -1.73. The number of aliphatic hydroxyl groups excluding tert-OH is 1. The minimum absolute atomic E-state index is 0.0702. The number of halogens is 2. The van der Waals surface area contributed by atoms with E-state index in [0.29, 0.717) is 15.6 Å². The Morgan fingerprint density at radius 1 is 1.15 bits per heavy atom. The molecule has 2 N–H and O–H groups in total. The van der Waals surface area contributed by atoms with Crippen molar-refractivity contribution in [3.8, 4) is 6.07 Å². The van der Waals surface area contributed by atoms with Crippen LogP contribution in [0.2, 0.25) is 10.0 Å². The first-order valence-electron chi connectivity index (χ1n) is 5.96. The lowest BCUT2D eigenvalue weighted by atomic mass is 10.1. The highest BCUT2D eigenvalue weighted by atomic mass is 35.5. The summed E-state index contributed by atoms with van der Waals surface area (Å²) in [5, 5.41) is 22.5. The van der Waals surface area contributed by atoms with Gasteiger partial charge in [0.25, 0.3) is 0 Å². The zero-order chi connectivity index (χ0) is 14.5. The first-order chi connectivity index (χ1) is 9.63. The molecule has 102 valence electrons. The highest BCUT2D eigenvalue weighted by Crippen LogP contribution is 2.25. The second-order valence-electron chi connectivity index (χ2n) is 4.24. The van der Waals surface area contributed by atoms with Crippen LogP contribution in [0.4, 0.5) is 5.69 Å². The summed E-state index contributed by atoms with van der Waals surface area (Å²) in [5.41, 5.74) is 2.07. The molecule has 0 amide bonds. The zero-order valence-electron chi connectivity index (χ0n) is 10.5. The lowest BCUT2D eigenvalue weighted by Crippen LogP contribution is -2.14. The van der Waals surface area contributed by atoms with Crippen LogP contribution in [0.25, 0.3) is 0 Å². The van der Waals surface area contributed by atoms with Gasteiger partial charge in [0, 0.05) is 10.7 Å². The lowest BCUT2D eigenvalue weighted by Gasteiger charge is -2.18. The number of rotatable bonds is 4. The molecule has 5 heteroatoms. The monoisotopic (exact) mass is 306 g/mol. The molecule has 0 saturated heterocycles. The van der Waals surface area contributed by atoms with Crippen LogP contribution in [0.5, 0.6) is 0 Å². The average molecular weight is 307 g/mol. The van der Waals surface area contributed by atoms with Gasteiger partial charge in [-0.1, -0.05) is 35.3 Å². The van der Waals surface area contributed by atoms with Crippen LogP contribution in [0.1, 0.15) is 17.2 Å². The summed E-state index contributed by atoms with van der Waals surface area (Å²) in [6.45, 7) is -0.0702. The predicted octanol–water partition coefficient (Wildman–Crippen LogP) is 4.01. The largest absolute Gasteiger partial charge is 0.394 e. The summed E-state index contributed by atoms with van der Waals surface area (Å²) < 4.78 is 0. The maximum Gasteiger partial charge on any atom is 0.101 e. The summed E-state index contributed by atoms with van der Waals surface area (Å²) in [6, 6.07) is 14.0. The molecule has 0 radical (unpaired) electrons. The number of anilines is 1. The van der Waals surface area contributed by atoms with Crippen molar-refractivity contribution in [3.63, 3.8) is 0 Å². The van der Waals surface area contributed by atoms with Crippen molar-refractivity contribution < 1.29 is 5.11 Å². The van der Waals surface area contributed by atoms with Gasteiger partial charge < -0.3 is 10.4 Å². The maximum atomic E-state index is 9.50. The summed E-state index contributed by atoms with van der Waals surface area (Å²) in [7, 11) is 0. The Labute approximate surface area is 127 Å². The molecule has 20 heavy (non-hydrogen) atoms. The number of hydrogen-bond acceptors (Lipinski definition) is 3. The third-order valence-electron chi connectivity index (χ3n) is 2.89. The van der Waals surface area contributed by atoms with Crippen LogP contribution in [0.3, 0.4) is 0 Å². The molecule has 3 nitrogen and oxygen atoms in total. The van der Waals surface area contributed by atoms with Crippen molar-refractivity contribution in [1.82, 2.24) is 0 Å². The topological polar surface area (TPSA) is 56.0 Å². The van der Waals surface area contributed by atoms with Gasteiger partial charge in [0.05, 0.1) is 23.2 Å². The van der Waals surface area contributed by atoms with Crippen molar-refractivity contribution in [3.05, 3.63) is 63.6 Å². The van der Waals surface area contributed by atoms with Crippen LogP contribution in [-0.4, -0.2) is 11.7 Å². The summed E-state index contributed by atoms with van der Waals surface area (Å²) >= 11 is 11.8. The van der Waals surface area contributed by atoms with E-state index >= 15 is 0 Å². The van der Waals surface area contributed by atoms with E-state index in [1.165, 1.54) is 0 Å². The molecule has 0 spiro atoms. The number of aliphatic hydroxyl groups is 1. The van der Waals surface area contributed by atoms with Gasteiger partial charge in [0.15, 0.2) is 0 Å².